The summed E-state index contributed by atoms with van der Waals surface area (Å²) in [6, 6.07) is 0. The Bertz CT molecular complexity index is 237. The standard InChI is InChI=1S/C11H14O2/c1-13-11(12)9-5-4-8-10-6-2-3-7-10/h2-3,5-7,9-10H,4,8H2,1H3. The molecule has 1 aliphatic rings. The van der Waals surface area contributed by atoms with Crippen LogP contribution in [-0.2, 0) is 9.53 Å². The third kappa shape index (κ3) is 3.74. The van der Waals surface area contributed by atoms with Crippen LogP contribution in [0.1, 0.15) is 12.8 Å². The Morgan fingerprint density at radius 3 is 2.77 bits per heavy atom. The molecule has 2 nitrogen and oxygen atoms in total. The molecule has 0 atom stereocenters. The summed E-state index contributed by atoms with van der Waals surface area (Å²) in [7, 11) is 1.38. The minimum absolute atomic E-state index is 0.280. The SMILES string of the molecule is COC(=O)C=CCCC1C=CC=C1. The van der Waals surface area contributed by atoms with Crippen LogP contribution in [0.25, 0.3) is 0 Å². The fourth-order valence-electron chi connectivity index (χ4n) is 1.21. The summed E-state index contributed by atoms with van der Waals surface area (Å²) in [5.41, 5.74) is 0. The number of hydrogen-bond acceptors (Lipinski definition) is 2. The minimum atomic E-state index is -0.280. The molecule has 0 saturated carbocycles. The summed E-state index contributed by atoms with van der Waals surface area (Å²) in [5.74, 6) is 0.264. The molecule has 0 spiro atoms. The van der Waals surface area contributed by atoms with Crippen molar-refractivity contribution in [3.8, 4) is 0 Å². The van der Waals surface area contributed by atoms with E-state index in [1.807, 2.05) is 6.08 Å². The molecule has 70 valence electrons. The lowest BCUT2D eigenvalue weighted by Gasteiger charge is -2.00. The first kappa shape index (κ1) is 9.78. The van der Waals surface area contributed by atoms with Crippen LogP contribution < -0.4 is 0 Å². The van der Waals surface area contributed by atoms with Crippen LogP contribution in [0, 0.1) is 5.92 Å². The second-order valence-electron chi connectivity index (χ2n) is 2.94. The molecule has 0 aromatic carbocycles. The average Bonchev–Trinajstić information content (AvgIpc) is 2.64. The quantitative estimate of drug-likeness (QED) is 0.487. The minimum Gasteiger partial charge on any atom is -0.466 e. The van der Waals surface area contributed by atoms with E-state index < -0.39 is 0 Å². The van der Waals surface area contributed by atoms with Crippen molar-refractivity contribution >= 4 is 5.97 Å². The summed E-state index contributed by atoms with van der Waals surface area (Å²) in [6.07, 6.45) is 13.7. The normalized spacial score (nSPS) is 15.8. The van der Waals surface area contributed by atoms with Gasteiger partial charge in [0.1, 0.15) is 0 Å². The number of esters is 1. The Labute approximate surface area is 78.6 Å². The fraction of sp³-hybridized carbons (Fsp3) is 0.364. The molecule has 0 aromatic rings. The molecule has 1 rings (SSSR count). The van der Waals surface area contributed by atoms with E-state index in [0.717, 1.165) is 12.8 Å². The maximum absolute atomic E-state index is 10.7. The lowest BCUT2D eigenvalue weighted by atomic mass is 10.1. The molecule has 0 heterocycles. The van der Waals surface area contributed by atoms with Gasteiger partial charge in [-0.1, -0.05) is 30.4 Å². The van der Waals surface area contributed by atoms with Crippen LogP contribution in [0.2, 0.25) is 0 Å². The molecule has 0 aliphatic heterocycles. The number of hydrogen-bond donors (Lipinski definition) is 0. The predicted octanol–water partition coefficient (Wildman–Crippen LogP) is 2.24. The molecule has 0 amide bonds. The van der Waals surface area contributed by atoms with Crippen molar-refractivity contribution < 1.29 is 9.53 Å². The van der Waals surface area contributed by atoms with E-state index in [4.69, 9.17) is 0 Å². The van der Waals surface area contributed by atoms with Crippen molar-refractivity contribution in [1.29, 1.82) is 0 Å². The number of carbonyl (C=O) groups is 1. The summed E-state index contributed by atoms with van der Waals surface area (Å²) in [6.45, 7) is 0. The van der Waals surface area contributed by atoms with Gasteiger partial charge in [0.15, 0.2) is 0 Å². The van der Waals surface area contributed by atoms with E-state index in [-0.39, 0.29) is 5.97 Å². The molecule has 0 fully saturated rings. The summed E-state index contributed by atoms with van der Waals surface area (Å²) in [4.78, 5) is 10.7. The largest absolute Gasteiger partial charge is 0.466 e. The lowest BCUT2D eigenvalue weighted by Crippen LogP contribution is -1.94. The van der Waals surface area contributed by atoms with Gasteiger partial charge >= 0.3 is 5.97 Å². The third-order valence-electron chi connectivity index (χ3n) is 1.95. The van der Waals surface area contributed by atoms with E-state index in [1.54, 1.807) is 0 Å². The van der Waals surface area contributed by atoms with Gasteiger partial charge in [-0.05, 0) is 18.8 Å². The molecule has 0 unspecified atom stereocenters. The van der Waals surface area contributed by atoms with Crippen LogP contribution in [0.4, 0.5) is 0 Å². The number of rotatable bonds is 4. The van der Waals surface area contributed by atoms with Crippen LogP contribution in [-0.4, -0.2) is 13.1 Å². The second-order valence-corrected chi connectivity index (χ2v) is 2.94. The van der Waals surface area contributed by atoms with Gasteiger partial charge in [-0.3, -0.25) is 0 Å². The van der Waals surface area contributed by atoms with Gasteiger partial charge in [0.2, 0.25) is 0 Å². The van der Waals surface area contributed by atoms with Gasteiger partial charge < -0.3 is 4.74 Å². The predicted molar refractivity (Wildman–Crippen MR) is 52.2 cm³/mol. The van der Waals surface area contributed by atoms with Gasteiger partial charge in [-0.15, -0.1) is 0 Å². The number of carbonyl (C=O) groups excluding carboxylic acids is 1. The molecule has 0 aromatic heterocycles. The first-order valence-corrected chi connectivity index (χ1v) is 4.42. The van der Waals surface area contributed by atoms with Crippen LogP contribution in [0.3, 0.4) is 0 Å². The van der Waals surface area contributed by atoms with Crippen molar-refractivity contribution in [2.75, 3.05) is 7.11 Å². The number of allylic oxidation sites excluding steroid dienone is 5. The van der Waals surface area contributed by atoms with E-state index in [0.29, 0.717) is 5.92 Å². The smallest absolute Gasteiger partial charge is 0.330 e. The first-order valence-electron chi connectivity index (χ1n) is 4.42. The molecule has 13 heavy (non-hydrogen) atoms. The van der Waals surface area contributed by atoms with Gasteiger partial charge in [0.05, 0.1) is 7.11 Å². The monoisotopic (exact) mass is 178 g/mol. The zero-order chi connectivity index (χ0) is 9.52. The Morgan fingerprint density at radius 1 is 1.46 bits per heavy atom. The van der Waals surface area contributed by atoms with Crippen LogP contribution >= 0.6 is 0 Å². The maximum Gasteiger partial charge on any atom is 0.330 e. The third-order valence-corrected chi connectivity index (χ3v) is 1.95. The zero-order valence-electron chi connectivity index (χ0n) is 7.77. The highest BCUT2D eigenvalue weighted by molar-refractivity contribution is 5.81. The Balaban J connectivity index is 2.13. The Kier molecular flexibility index (Phi) is 4.03. The highest BCUT2D eigenvalue weighted by Gasteiger charge is 2.01. The second kappa shape index (κ2) is 5.36. The van der Waals surface area contributed by atoms with E-state index in [2.05, 4.69) is 29.0 Å². The zero-order valence-corrected chi connectivity index (χ0v) is 7.77. The van der Waals surface area contributed by atoms with Gasteiger partial charge in [0.25, 0.3) is 0 Å². The van der Waals surface area contributed by atoms with Gasteiger partial charge in [0, 0.05) is 6.08 Å². The molecule has 0 radical (unpaired) electrons. The molecule has 0 N–H and O–H groups in total. The average molecular weight is 178 g/mol. The molecule has 2 heteroatoms. The number of methoxy groups -OCH3 is 1. The van der Waals surface area contributed by atoms with E-state index in [9.17, 15) is 4.79 Å². The highest BCUT2D eigenvalue weighted by atomic mass is 16.5. The van der Waals surface area contributed by atoms with Crippen molar-refractivity contribution in [1.82, 2.24) is 0 Å². The van der Waals surface area contributed by atoms with Crippen molar-refractivity contribution in [3.05, 3.63) is 36.5 Å². The van der Waals surface area contributed by atoms with Crippen molar-refractivity contribution in [2.24, 2.45) is 5.92 Å². The van der Waals surface area contributed by atoms with Crippen LogP contribution in [0.15, 0.2) is 36.5 Å². The van der Waals surface area contributed by atoms with Crippen LogP contribution in [0.5, 0.6) is 0 Å². The molecule has 1 aliphatic carbocycles. The summed E-state index contributed by atoms with van der Waals surface area (Å²) < 4.78 is 4.47. The highest BCUT2D eigenvalue weighted by Crippen LogP contribution is 2.15. The molecule has 0 saturated heterocycles. The molecular formula is C11H14O2. The molecule has 0 bridgehead atoms. The fourth-order valence-corrected chi connectivity index (χ4v) is 1.21. The Morgan fingerprint density at radius 2 is 2.15 bits per heavy atom. The first-order chi connectivity index (χ1) is 6.33. The van der Waals surface area contributed by atoms with Gasteiger partial charge in [-0.2, -0.15) is 0 Å². The van der Waals surface area contributed by atoms with Crippen molar-refractivity contribution in [2.45, 2.75) is 12.8 Å². The topological polar surface area (TPSA) is 26.3 Å². The van der Waals surface area contributed by atoms with Crippen molar-refractivity contribution in [3.63, 3.8) is 0 Å². The summed E-state index contributed by atoms with van der Waals surface area (Å²) >= 11 is 0. The Hall–Kier alpha value is -1.31. The summed E-state index contributed by atoms with van der Waals surface area (Å²) in [5, 5.41) is 0. The maximum atomic E-state index is 10.7. The number of ether oxygens (including phenoxy) is 1. The van der Waals surface area contributed by atoms with Gasteiger partial charge in [-0.25, -0.2) is 4.79 Å². The lowest BCUT2D eigenvalue weighted by molar-refractivity contribution is -0.134. The molecular weight excluding hydrogens is 164 g/mol. The van der Waals surface area contributed by atoms with E-state index >= 15 is 0 Å². The van der Waals surface area contributed by atoms with E-state index in [1.165, 1.54) is 13.2 Å².